The lowest BCUT2D eigenvalue weighted by Crippen LogP contribution is -2.50. The first-order chi connectivity index (χ1) is 8.94. The lowest BCUT2D eigenvalue weighted by atomic mass is 9.66. The van der Waals surface area contributed by atoms with Crippen LogP contribution in [0.3, 0.4) is 0 Å². The Balaban J connectivity index is 1.94. The number of carboxylic acids is 1. The van der Waals surface area contributed by atoms with E-state index in [-0.39, 0.29) is 18.4 Å². The van der Waals surface area contributed by atoms with E-state index >= 15 is 0 Å². The topological polar surface area (TPSA) is 66.8 Å². The van der Waals surface area contributed by atoms with Gasteiger partial charge in [0.2, 0.25) is 5.91 Å². The summed E-state index contributed by atoms with van der Waals surface area (Å²) in [4.78, 5) is 25.4. The minimum absolute atomic E-state index is 0.0314. The Labute approximate surface area is 113 Å². The third-order valence-corrected chi connectivity index (χ3v) is 4.44. The molecule has 0 aromatic rings. The van der Waals surface area contributed by atoms with E-state index < -0.39 is 11.4 Å². The van der Waals surface area contributed by atoms with Crippen LogP contribution in [0.4, 0.5) is 0 Å². The van der Waals surface area contributed by atoms with Gasteiger partial charge in [0, 0.05) is 19.5 Å². The minimum Gasteiger partial charge on any atom is -0.481 e. The molecule has 1 saturated carbocycles. The van der Waals surface area contributed by atoms with E-state index in [2.05, 4.69) is 13.8 Å². The number of carboxylic acid groups (broad SMARTS) is 1. The molecular weight excluding hydrogens is 246 g/mol. The van der Waals surface area contributed by atoms with Gasteiger partial charge in [-0.15, -0.1) is 0 Å². The number of hydrogen-bond donors (Lipinski definition) is 1. The Bertz CT molecular complexity index is 362. The highest BCUT2D eigenvalue weighted by Crippen LogP contribution is 2.44. The molecule has 1 N–H and O–H groups in total. The second kappa shape index (κ2) is 5.49. The zero-order valence-electron chi connectivity index (χ0n) is 11.7. The van der Waals surface area contributed by atoms with Crippen molar-refractivity contribution in [2.45, 2.75) is 45.6 Å². The normalized spacial score (nSPS) is 26.1. The summed E-state index contributed by atoms with van der Waals surface area (Å²) >= 11 is 0. The molecule has 1 aliphatic carbocycles. The molecule has 0 spiro atoms. The molecule has 0 aromatic carbocycles. The Kier molecular flexibility index (Phi) is 4.13. The SMILES string of the molecule is CC(C)C1CN(C(=O)CC2(C(=O)O)CCC2)CCO1. The number of amides is 1. The van der Waals surface area contributed by atoms with Gasteiger partial charge in [0.15, 0.2) is 0 Å². The van der Waals surface area contributed by atoms with E-state index in [9.17, 15) is 14.7 Å². The number of carbonyl (C=O) groups excluding carboxylic acids is 1. The van der Waals surface area contributed by atoms with E-state index in [0.717, 1.165) is 6.42 Å². The monoisotopic (exact) mass is 269 g/mol. The van der Waals surface area contributed by atoms with Gasteiger partial charge < -0.3 is 14.7 Å². The van der Waals surface area contributed by atoms with Crippen molar-refractivity contribution in [1.82, 2.24) is 4.90 Å². The molecule has 2 fully saturated rings. The van der Waals surface area contributed by atoms with Crippen molar-refractivity contribution in [3.8, 4) is 0 Å². The molecule has 0 radical (unpaired) electrons. The van der Waals surface area contributed by atoms with Crippen LogP contribution in [-0.4, -0.2) is 47.7 Å². The maximum atomic E-state index is 12.3. The highest BCUT2D eigenvalue weighted by atomic mass is 16.5. The Morgan fingerprint density at radius 3 is 2.58 bits per heavy atom. The highest BCUT2D eigenvalue weighted by Gasteiger charge is 2.46. The molecule has 1 saturated heterocycles. The lowest BCUT2D eigenvalue weighted by Gasteiger charge is -2.40. The van der Waals surface area contributed by atoms with Gasteiger partial charge in [-0.3, -0.25) is 9.59 Å². The molecule has 0 bridgehead atoms. The molecule has 2 aliphatic rings. The van der Waals surface area contributed by atoms with Crippen LogP contribution in [-0.2, 0) is 14.3 Å². The molecule has 1 amide bonds. The molecule has 0 aromatic heterocycles. The van der Waals surface area contributed by atoms with Gasteiger partial charge in [-0.05, 0) is 18.8 Å². The van der Waals surface area contributed by atoms with Crippen molar-refractivity contribution in [3.05, 3.63) is 0 Å². The standard InChI is InChI=1S/C14H23NO4/c1-10(2)11-9-15(6-7-19-11)12(16)8-14(13(17)18)4-3-5-14/h10-11H,3-9H2,1-2H3,(H,17,18). The van der Waals surface area contributed by atoms with Crippen molar-refractivity contribution in [2.24, 2.45) is 11.3 Å². The van der Waals surface area contributed by atoms with Gasteiger partial charge in [-0.25, -0.2) is 0 Å². The summed E-state index contributed by atoms with van der Waals surface area (Å²) in [7, 11) is 0. The van der Waals surface area contributed by atoms with Crippen LogP contribution in [0.25, 0.3) is 0 Å². The summed E-state index contributed by atoms with van der Waals surface area (Å²) in [5.74, 6) is -0.482. The third kappa shape index (κ3) is 2.91. The van der Waals surface area contributed by atoms with Crippen molar-refractivity contribution in [2.75, 3.05) is 19.7 Å². The Morgan fingerprint density at radius 1 is 1.42 bits per heavy atom. The summed E-state index contributed by atoms with van der Waals surface area (Å²) in [6.07, 6.45) is 2.39. The van der Waals surface area contributed by atoms with E-state index in [1.54, 1.807) is 4.90 Å². The molecule has 108 valence electrons. The maximum Gasteiger partial charge on any atom is 0.310 e. The summed E-state index contributed by atoms with van der Waals surface area (Å²) < 4.78 is 5.63. The van der Waals surface area contributed by atoms with Crippen molar-refractivity contribution in [3.63, 3.8) is 0 Å². The van der Waals surface area contributed by atoms with Crippen LogP contribution in [0.5, 0.6) is 0 Å². The average molecular weight is 269 g/mol. The number of nitrogens with zero attached hydrogens (tertiary/aromatic N) is 1. The van der Waals surface area contributed by atoms with Crippen LogP contribution in [0.15, 0.2) is 0 Å². The van der Waals surface area contributed by atoms with Gasteiger partial charge in [0.05, 0.1) is 18.1 Å². The smallest absolute Gasteiger partial charge is 0.310 e. The fourth-order valence-corrected chi connectivity index (χ4v) is 2.78. The molecule has 1 heterocycles. The van der Waals surface area contributed by atoms with E-state index in [1.165, 1.54) is 0 Å². The number of hydrogen-bond acceptors (Lipinski definition) is 3. The van der Waals surface area contributed by atoms with Crippen molar-refractivity contribution >= 4 is 11.9 Å². The predicted octanol–water partition coefficient (Wildman–Crippen LogP) is 1.51. The minimum atomic E-state index is -0.819. The van der Waals surface area contributed by atoms with Crippen molar-refractivity contribution < 1.29 is 19.4 Å². The van der Waals surface area contributed by atoms with Gasteiger partial charge in [0.25, 0.3) is 0 Å². The van der Waals surface area contributed by atoms with Crippen LogP contribution >= 0.6 is 0 Å². The van der Waals surface area contributed by atoms with E-state index in [4.69, 9.17) is 4.74 Å². The van der Waals surface area contributed by atoms with Gasteiger partial charge >= 0.3 is 5.97 Å². The molecule has 1 aliphatic heterocycles. The predicted molar refractivity (Wildman–Crippen MR) is 69.7 cm³/mol. The number of morpholine rings is 1. The molecule has 1 unspecified atom stereocenters. The zero-order chi connectivity index (χ0) is 14.0. The molecular formula is C14H23NO4. The quantitative estimate of drug-likeness (QED) is 0.840. The Hall–Kier alpha value is -1.10. The first-order valence-electron chi connectivity index (χ1n) is 7.07. The van der Waals surface area contributed by atoms with Gasteiger partial charge in [0.1, 0.15) is 0 Å². The van der Waals surface area contributed by atoms with Crippen LogP contribution in [0.2, 0.25) is 0 Å². The molecule has 5 nitrogen and oxygen atoms in total. The number of ether oxygens (including phenoxy) is 1. The molecule has 2 rings (SSSR count). The summed E-state index contributed by atoms with van der Waals surface area (Å²) in [6.45, 7) is 5.87. The van der Waals surface area contributed by atoms with Gasteiger partial charge in [-0.1, -0.05) is 20.3 Å². The largest absolute Gasteiger partial charge is 0.481 e. The summed E-state index contributed by atoms with van der Waals surface area (Å²) in [5, 5.41) is 9.28. The Morgan fingerprint density at radius 2 is 2.11 bits per heavy atom. The fraction of sp³-hybridized carbons (Fsp3) is 0.857. The van der Waals surface area contributed by atoms with Crippen LogP contribution < -0.4 is 0 Å². The number of rotatable bonds is 4. The van der Waals surface area contributed by atoms with E-state index in [1.807, 2.05) is 0 Å². The first kappa shape index (κ1) is 14.3. The van der Waals surface area contributed by atoms with Crippen LogP contribution in [0.1, 0.15) is 39.5 Å². The van der Waals surface area contributed by atoms with Crippen LogP contribution in [0, 0.1) is 11.3 Å². The number of carbonyl (C=O) groups is 2. The number of aliphatic carboxylic acids is 1. The second-order valence-corrected chi connectivity index (χ2v) is 6.11. The first-order valence-corrected chi connectivity index (χ1v) is 7.07. The van der Waals surface area contributed by atoms with E-state index in [0.29, 0.717) is 38.5 Å². The van der Waals surface area contributed by atoms with Gasteiger partial charge in [-0.2, -0.15) is 0 Å². The maximum absolute atomic E-state index is 12.3. The molecule has 19 heavy (non-hydrogen) atoms. The van der Waals surface area contributed by atoms with Crippen molar-refractivity contribution in [1.29, 1.82) is 0 Å². The second-order valence-electron chi connectivity index (χ2n) is 6.11. The average Bonchev–Trinajstić information content (AvgIpc) is 2.33. The molecule has 5 heteroatoms. The highest BCUT2D eigenvalue weighted by molar-refractivity contribution is 5.85. The summed E-state index contributed by atoms with van der Waals surface area (Å²) in [5.41, 5.74) is -0.789. The zero-order valence-corrected chi connectivity index (χ0v) is 11.7. The lowest BCUT2D eigenvalue weighted by molar-refractivity contribution is -0.161. The fourth-order valence-electron chi connectivity index (χ4n) is 2.78. The molecule has 1 atom stereocenters. The summed E-state index contributed by atoms with van der Waals surface area (Å²) in [6, 6.07) is 0. The third-order valence-electron chi connectivity index (χ3n) is 4.44.